The highest BCUT2D eigenvalue weighted by Crippen LogP contribution is 2.47. The van der Waals surface area contributed by atoms with Gasteiger partial charge in [-0.1, -0.05) is 37.3 Å². The van der Waals surface area contributed by atoms with Crippen molar-refractivity contribution in [3.05, 3.63) is 89.5 Å². The van der Waals surface area contributed by atoms with Gasteiger partial charge in [-0.2, -0.15) is 0 Å². The lowest BCUT2D eigenvalue weighted by Crippen LogP contribution is -2.50. The zero-order chi connectivity index (χ0) is 30.4. The van der Waals surface area contributed by atoms with E-state index in [0.29, 0.717) is 29.2 Å². The Bertz CT molecular complexity index is 1360. The summed E-state index contributed by atoms with van der Waals surface area (Å²) in [5.41, 5.74) is 8.71. The molecule has 4 atom stereocenters. The van der Waals surface area contributed by atoms with Gasteiger partial charge in [0.15, 0.2) is 8.32 Å². The van der Waals surface area contributed by atoms with Gasteiger partial charge in [-0.05, 0) is 61.1 Å². The molecule has 5 N–H and O–H groups in total. The van der Waals surface area contributed by atoms with E-state index in [1.807, 2.05) is 56.4 Å². The monoisotopic (exact) mass is 591 g/mol. The van der Waals surface area contributed by atoms with Gasteiger partial charge in [0.2, 0.25) is 5.91 Å². The third kappa shape index (κ3) is 7.38. The van der Waals surface area contributed by atoms with Crippen LogP contribution in [0.15, 0.2) is 72.8 Å². The van der Waals surface area contributed by atoms with Crippen LogP contribution >= 0.6 is 0 Å². The second-order valence-electron chi connectivity index (χ2n) is 11.4. The van der Waals surface area contributed by atoms with Gasteiger partial charge in [-0.25, -0.2) is 0 Å². The third-order valence-corrected chi connectivity index (χ3v) is 10.2. The van der Waals surface area contributed by atoms with Crippen LogP contribution in [0.25, 0.3) is 0 Å². The zero-order valence-electron chi connectivity index (χ0n) is 24.6. The van der Waals surface area contributed by atoms with Crippen molar-refractivity contribution >= 4 is 31.5 Å². The van der Waals surface area contributed by atoms with Crippen molar-refractivity contribution in [3.63, 3.8) is 0 Å². The number of aliphatic hydroxyl groups excluding tert-OH is 1. The lowest BCUT2D eigenvalue weighted by Gasteiger charge is -2.44. The minimum atomic E-state index is -2.93. The third-order valence-electron chi connectivity index (χ3n) is 7.90. The molecule has 224 valence electrons. The van der Waals surface area contributed by atoms with E-state index in [-0.39, 0.29) is 43.4 Å². The van der Waals surface area contributed by atoms with Crippen molar-refractivity contribution in [2.24, 2.45) is 5.92 Å². The molecule has 0 aliphatic carbocycles. The van der Waals surface area contributed by atoms with Crippen LogP contribution in [0, 0.1) is 5.92 Å². The largest absolute Gasteiger partial charge is 0.490 e. The second kappa shape index (κ2) is 13.5. The first-order chi connectivity index (χ1) is 20.0. The molecular formula is C32H41N3O6Si. The van der Waals surface area contributed by atoms with Crippen molar-refractivity contribution in [2.45, 2.75) is 50.7 Å². The van der Waals surface area contributed by atoms with E-state index in [1.165, 1.54) is 0 Å². The fourth-order valence-corrected chi connectivity index (χ4v) is 7.44. The molecule has 3 aromatic rings. The lowest BCUT2D eigenvalue weighted by atomic mass is 9.86. The highest BCUT2D eigenvalue weighted by molar-refractivity contribution is 6.71. The first-order valence-electron chi connectivity index (χ1n) is 14.2. The Balaban J connectivity index is 1.56. The molecule has 0 aromatic heterocycles. The number of carbonyl (C=O) groups is 2. The molecule has 0 saturated carbocycles. The van der Waals surface area contributed by atoms with Gasteiger partial charge in [0, 0.05) is 60.6 Å². The highest BCUT2D eigenvalue weighted by atomic mass is 28.4. The Morgan fingerprint density at radius 2 is 1.79 bits per heavy atom. The number of methoxy groups -OCH3 is 1. The maximum atomic E-state index is 13.6. The van der Waals surface area contributed by atoms with E-state index < -0.39 is 20.0 Å². The van der Waals surface area contributed by atoms with Crippen molar-refractivity contribution in [2.75, 3.05) is 31.3 Å². The minimum absolute atomic E-state index is 0.0824. The Morgan fingerprint density at radius 1 is 1.10 bits per heavy atom. The number of nitrogens with two attached hydrogens (primary N) is 1. The summed E-state index contributed by atoms with van der Waals surface area (Å²) in [6.07, 6.45) is -0.793. The number of nitrogen functional groups attached to an aromatic ring is 1. The Kier molecular flexibility index (Phi) is 10.1. The van der Waals surface area contributed by atoms with Gasteiger partial charge < -0.3 is 35.3 Å². The van der Waals surface area contributed by atoms with Crippen LogP contribution in [-0.4, -0.2) is 61.3 Å². The van der Waals surface area contributed by atoms with Gasteiger partial charge in [0.25, 0.3) is 5.91 Å². The molecule has 0 radical (unpaired) electrons. The molecule has 0 bridgehead atoms. The summed E-state index contributed by atoms with van der Waals surface area (Å²) in [6, 6.07) is 21.7. The SMILES string of the molecule is CO[C@@H]1c2cc(NC(=O)c3ccc(N)cc3)ccc2O[C@H](C(CC(=O)N(CCO)Cc2ccccc2)[Si](C)(C)O)[C@H]1C. The van der Waals surface area contributed by atoms with E-state index in [2.05, 4.69) is 5.32 Å². The summed E-state index contributed by atoms with van der Waals surface area (Å²) in [6.45, 7) is 6.05. The molecule has 4 rings (SSSR count). The number of hydrogen-bond acceptors (Lipinski definition) is 7. The molecule has 1 unspecified atom stereocenters. The number of fused-ring (bicyclic) bond motifs is 1. The van der Waals surface area contributed by atoms with E-state index in [9.17, 15) is 19.5 Å². The average molecular weight is 592 g/mol. The molecule has 10 heteroatoms. The van der Waals surface area contributed by atoms with Gasteiger partial charge in [0.05, 0.1) is 12.7 Å². The van der Waals surface area contributed by atoms with E-state index in [0.717, 1.165) is 11.1 Å². The van der Waals surface area contributed by atoms with Crippen LogP contribution in [0.2, 0.25) is 18.6 Å². The number of ether oxygens (including phenoxy) is 2. The van der Waals surface area contributed by atoms with E-state index >= 15 is 0 Å². The number of benzene rings is 3. The fourth-order valence-electron chi connectivity index (χ4n) is 5.59. The smallest absolute Gasteiger partial charge is 0.255 e. The predicted molar refractivity (Wildman–Crippen MR) is 166 cm³/mol. The normalized spacial score (nSPS) is 18.9. The zero-order valence-corrected chi connectivity index (χ0v) is 25.6. The van der Waals surface area contributed by atoms with E-state index in [4.69, 9.17) is 15.2 Å². The Labute approximate surface area is 248 Å². The number of aliphatic hydroxyl groups is 1. The Hall–Kier alpha value is -3.70. The summed E-state index contributed by atoms with van der Waals surface area (Å²) in [5.74, 6) is -0.0322. The maximum absolute atomic E-state index is 13.6. The molecule has 0 fully saturated rings. The van der Waals surface area contributed by atoms with Crippen LogP contribution in [0.1, 0.15) is 40.9 Å². The summed E-state index contributed by atoms with van der Waals surface area (Å²) in [4.78, 5) is 39.5. The summed E-state index contributed by atoms with van der Waals surface area (Å²) in [5, 5.41) is 12.6. The molecule has 3 aromatic carbocycles. The first kappa shape index (κ1) is 31.2. The van der Waals surface area contributed by atoms with Gasteiger partial charge in [-0.15, -0.1) is 0 Å². The molecule has 1 aliphatic heterocycles. The molecule has 1 aliphatic rings. The first-order valence-corrected chi connectivity index (χ1v) is 17.2. The van der Waals surface area contributed by atoms with Crippen LogP contribution in [0.4, 0.5) is 11.4 Å². The van der Waals surface area contributed by atoms with Crippen LogP contribution in [0.5, 0.6) is 5.75 Å². The van der Waals surface area contributed by atoms with Crippen molar-refractivity contribution < 1.29 is 29.0 Å². The van der Waals surface area contributed by atoms with Gasteiger partial charge in [0.1, 0.15) is 11.9 Å². The van der Waals surface area contributed by atoms with Crippen LogP contribution in [0.3, 0.4) is 0 Å². The minimum Gasteiger partial charge on any atom is -0.490 e. The van der Waals surface area contributed by atoms with Crippen molar-refractivity contribution in [1.29, 1.82) is 0 Å². The van der Waals surface area contributed by atoms with E-state index in [1.54, 1.807) is 48.4 Å². The second-order valence-corrected chi connectivity index (χ2v) is 15.5. The highest BCUT2D eigenvalue weighted by Gasteiger charge is 2.47. The topological polar surface area (TPSA) is 134 Å². The standard InChI is InChI=1S/C32H41N3O6Si/c1-21-30(40-2)26-18-25(34-32(38)23-10-12-24(33)13-11-23)14-15-27(26)41-31(21)28(42(3,4)39)19-29(37)35(16-17-36)20-22-8-6-5-7-9-22/h5-15,18,21,28,30-31,36,39H,16-17,19-20,33H2,1-4H3,(H,34,38)/t21-,28?,30-,31-/m0/s1. The summed E-state index contributed by atoms with van der Waals surface area (Å²) in [7, 11) is -1.31. The fraction of sp³-hybridized carbons (Fsp3) is 0.375. The lowest BCUT2D eigenvalue weighted by molar-refractivity contribution is -0.133. The molecule has 2 amide bonds. The van der Waals surface area contributed by atoms with Crippen molar-refractivity contribution in [3.8, 4) is 5.75 Å². The van der Waals surface area contributed by atoms with Crippen molar-refractivity contribution in [1.82, 2.24) is 4.90 Å². The molecule has 1 heterocycles. The molecule has 0 saturated heterocycles. The predicted octanol–water partition coefficient (Wildman–Crippen LogP) is 4.58. The maximum Gasteiger partial charge on any atom is 0.255 e. The average Bonchev–Trinajstić information content (AvgIpc) is 2.96. The Morgan fingerprint density at radius 3 is 2.40 bits per heavy atom. The number of nitrogens with zero attached hydrogens (tertiary/aromatic N) is 1. The van der Waals surface area contributed by atoms with Crippen LogP contribution in [-0.2, 0) is 16.1 Å². The van der Waals surface area contributed by atoms with Gasteiger partial charge >= 0.3 is 0 Å². The molecule has 9 nitrogen and oxygen atoms in total. The van der Waals surface area contributed by atoms with Crippen LogP contribution < -0.4 is 15.8 Å². The number of amides is 2. The number of rotatable bonds is 11. The molecular weight excluding hydrogens is 550 g/mol. The number of anilines is 2. The summed E-state index contributed by atoms with van der Waals surface area (Å²) >= 11 is 0. The number of carbonyl (C=O) groups excluding carboxylic acids is 2. The summed E-state index contributed by atoms with van der Waals surface area (Å²) < 4.78 is 12.5. The number of hydrogen-bond donors (Lipinski definition) is 4. The number of nitrogens with one attached hydrogen (secondary N) is 1. The molecule has 42 heavy (non-hydrogen) atoms. The van der Waals surface area contributed by atoms with Gasteiger partial charge in [-0.3, -0.25) is 9.59 Å². The molecule has 0 spiro atoms. The quantitative estimate of drug-likeness (QED) is 0.189.